The highest BCUT2D eigenvalue weighted by molar-refractivity contribution is 5.77. The van der Waals surface area contributed by atoms with Crippen molar-refractivity contribution in [3.63, 3.8) is 0 Å². The Labute approximate surface area is 192 Å². The predicted molar refractivity (Wildman–Crippen MR) is 131 cm³/mol. The number of benzene rings is 3. The van der Waals surface area contributed by atoms with Crippen LogP contribution in [0.3, 0.4) is 0 Å². The van der Waals surface area contributed by atoms with Gasteiger partial charge in [0.2, 0.25) is 0 Å². The van der Waals surface area contributed by atoms with Crippen molar-refractivity contribution in [1.29, 1.82) is 0 Å². The van der Waals surface area contributed by atoms with E-state index >= 15 is 0 Å². The molecule has 1 N–H and O–H groups in total. The number of amides is 1. The van der Waals surface area contributed by atoms with E-state index in [1.54, 1.807) is 0 Å². The van der Waals surface area contributed by atoms with Crippen LogP contribution < -0.4 is 9.80 Å². The van der Waals surface area contributed by atoms with Crippen molar-refractivity contribution in [3.05, 3.63) is 101 Å². The van der Waals surface area contributed by atoms with Gasteiger partial charge in [0.15, 0.2) is 6.54 Å². The lowest BCUT2D eigenvalue weighted by Gasteiger charge is -2.37. The first-order chi connectivity index (χ1) is 15.5. The van der Waals surface area contributed by atoms with Crippen LogP contribution in [0.4, 0.5) is 5.69 Å². The molecule has 3 aromatic carbocycles. The van der Waals surface area contributed by atoms with E-state index < -0.39 is 0 Å². The first-order valence-corrected chi connectivity index (χ1v) is 11.6. The van der Waals surface area contributed by atoms with Gasteiger partial charge in [-0.05, 0) is 31.0 Å². The van der Waals surface area contributed by atoms with E-state index in [1.807, 2.05) is 17.0 Å². The standard InChI is InChI=1S/C28H33N3O/c1-22-11-10-16-26(23(22)2)30-17-19-31(20-18-30)27(32)21-29(3)28(24-12-6-4-7-13-24)25-14-8-5-9-15-25/h4-16,28H,17-21H2,1-3H3/p+1. The molecule has 0 aliphatic carbocycles. The molecule has 3 aromatic rings. The Hall–Kier alpha value is -3.11. The summed E-state index contributed by atoms with van der Waals surface area (Å²) in [4.78, 5) is 18.9. The highest BCUT2D eigenvalue weighted by Crippen LogP contribution is 2.24. The summed E-state index contributed by atoms with van der Waals surface area (Å²) < 4.78 is 0. The Morgan fingerprint density at radius 2 is 1.38 bits per heavy atom. The first-order valence-electron chi connectivity index (χ1n) is 11.6. The number of anilines is 1. The van der Waals surface area contributed by atoms with Crippen molar-refractivity contribution in [1.82, 2.24) is 4.90 Å². The first kappa shape index (κ1) is 22.1. The van der Waals surface area contributed by atoms with Gasteiger partial charge in [-0.1, -0.05) is 72.8 Å². The maximum atomic E-state index is 13.2. The Bertz CT molecular complexity index is 988. The topological polar surface area (TPSA) is 28.0 Å². The van der Waals surface area contributed by atoms with E-state index in [4.69, 9.17) is 0 Å². The van der Waals surface area contributed by atoms with Crippen molar-refractivity contribution in [3.8, 4) is 0 Å². The number of likely N-dealkylation sites (N-methyl/N-ethyl adjacent to an activating group) is 1. The molecule has 4 rings (SSSR count). The second-order valence-electron chi connectivity index (χ2n) is 8.86. The fraction of sp³-hybridized carbons (Fsp3) is 0.321. The zero-order valence-electron chi connectivity index (χ0n) is 19.4. The Kier molecular flexibility index (Phi) is 6.91. The van der Waals surface area contributed by atoms with Crippen LogP contribution in [0, 0.1) is 13.8 Å². The fourth-order valence-electron chi connectivity index (χ4n) is 4.78. The van der Waals surface area contributed by atoms with Crippen LogP contribution in [0.5, 0.6) is 0 Å². The molecule has 166 valence electrons. The smallest absolute Gasteiger partial charge is 0.277 e. The summed E-state index contributed by atoms with van der Waals surface area (Å²) in [6.45, 7) is 8.16. The Morgan fingerprint density at radius 3 is 1.94 bits per heavy atom. The molecule has 0 bridgehead atoms. The number of nitrogens with one attached hydrogen (secondary N) is 1. The van der Waals surface area contributed by atoms with Gasteiger partial charge in [0.1, 0.15) is 6.04 Å². The zero-order valence-corrected chi connectivity index (χ0v) is 19.4. The molecule has 1 aliphatic heterocycles. The Morgan fingerprint density at radius 1 is 0.812 bits per heavy atom. The second kappa shape index (κ2) is 10.0. The third-order valence-electron chi connectivity index (χ3n) is 6.74. The van der Waals surface area contributed by atoms with Gasteiger partial charge in [-0.2, -0.15) is 0 Å². The largest absolute Gasteiger partial charge is 0.368 e. The van der Waals surface area contributed by atoms with Crippen molar-refractivity contribution in [2.75, 3.05) is 44.7 Å². The number of rotatable bonds is 6. The van der Waals surface area contributed by atoms with Gasteiger partial charge in [-0.3, -0.25) is 4.79 Å². The normalized spacial score (nSPS) is 15.1. The lowest BCUT2D eigenvalue weighted by atomic mass is 9.97. The third kappa shape index (κ3) is 4.86. The van der Waals surface area contributed by atoms with Crippen molar-refractivity contribution in [2.24, 2.45) is 0 Å². The third-order valence-corrected chi connectivity index (χ3v) is 6.74. The summed E-state index contributed by atoms with van der Waals surface area (Å²) in [5.41, 5.74) is 6.43. The van der Waals surface area contributed by atoms with Crippen LogP contribution in [0.2, 0.25) is 0 Å². The average Bonchev–Trinajstić information content (AvgIpc) is 2.82. The van der Waals surface area contributed by atoms with Crippen molar-refractivity contribution in [2.45, 2.75) is 19.9 Å². The fourth-order valence-corrected chi connectivity index (χ4v) is 4.78. The number of hydrogen-bond donors (Lipinski definition) is 1. The minimum atomic E-state index is 0.137. The lowest BCUT2D eigenvalue weighted by molar-refractivity contribution is -0.898. The van der Waals surface area contributed by atoms with Crippen LogP contribution >= 0.6 is 0 Å². The van der Waals surface area contributed by atoms with Gasteiger partial charge in [0, 0.05) is 43.0 Å². The van der Waals surface area contributed by atoms with Gasteiger partial charge >= 0.3 is 0 Å². The molecular weight excluding hydrogens is 394 g/mol. The molecule has 0 saturated carbocycles. The highest BCUT2D eigenvalue weighted by Gasteiger charge is 2.29. The van der Waals surface area contributed by atoms with Gasteiger partial charge in [-0.15, -0.1) is 0 Å². The zero-order chi connectivity index (χ0) is 22.5. The molecule has 1 saturated heterocycles. The molecule has 1 unspecified atom stereocenters. The SMILES string of the molecule is Cc1cccc(N2CCN(C(=O)C[NH+](C)C(c3ccccc3)c3ccccc3)CC2)c1C. The van der Waals surface area contributed by atoms with Gasteiger partial charge in [0.25, 0.3) is 5.91 Å². The van der Waals surface area contributed by atoms with Gasteiger partial charge < -0.3 is 14.7 Å². The molecule has 1 fully saturated rings. The van der Waals surface area contributed by atoms with E-state index in [1.165, 1.54) is 32.8 Å². The number of nitrogens with zero attached hydrogens (tertiary/aromatic N) is 2. The van der Waals surface area contributed by atoms with E-state index in [-0.39, 0.29) is 11.9 Å². The summed E-state index contributed by atoms with van der Waals surface area (Å²) in [5, 5.41) is 0. The molecule has 1 heterocycles. The summed E-state index contributed by atoms with van der Waals surface area (Å²) in [6, 6.07) is 27.7. The van der Waals surface area contributed by atoms with Crippen LogP contribution in [-0.2, 0) is 4.79 Å². The van der Waals surface area contributed by atoms with Crippen molar-refractivity contribution >= 4 is 11.6 Å². The molecule has 4 heteroatoms. The minimum absolute atomic E-state index is 0.137. The molecule has 0 radical (unpaired) electrons. The molecule has 1 amide bonds. The minimum Gasteiger partial charge on any atom is -0.368 e. The molecule has 32 heavy (non-hydrogen) atoms. The van der Waals surface area contributed by atoms with Crippen LogP contribution in [0.15, 0.2) is 78.9 Å². The maximum Gasteiger partial charge on any atom is 0.277 e. The number of piperazine rings is 1. The maximum absolute atomic E-state index is 13.2. The van der Waals surface area contributed by atoms with Crippen molar-refractivity contribution < 1.29 is 9.69 Å². The van der Waals surface area contributed by atoms with Crippen LogP contribution in [-0.4, -0.2) is 50.6 Å². The van der Waals surface area contributed by atoms with Crippen LogP contribution in [0.1, 0.15) is 28.3 Å². The quantitative estimate of drug-likeness (QED) is 0.653. The molecule has 4 nitrogen and oxygen atoms in total. The monoisotopic (exact) mass is 428 g/mol. The van der Waals surface area contributed by atoms with E-state index in [0.717, 1.165) is 26.2 Å². The molecule has 0 spiro atoms. The van der Waals surface area contributed by atoms with Gasteiger partial charge in [-0.25, -0.2) is 0 Å². The van der Waals surface area contributed by atoms with E-state index in [2.05, 4.69) is 92.5 Å². The molecule has 0 aromatic heterocycles. The predicted octanol–water partition coefficient (Wildman–Crippen LogP) is 3.26. The van der Waals surface area contributed by atoms with Gasteiger partial charge in [0.05, 0.1) is 7.05 Å². The number of carbonyl (C=O) groups excluding carboxylic acids is 1. The van der Waals surface area contributed by atoms with E-state index in [0.29, 0.717) is 6.54 Å². The number of hydrogen-bond acceptors (Lipinski definition) is 2. The highest BCUT2D eigenvalue weighted by atomic mass is 16.2. The Balaban J connectivity index is 1.42. The molecule has 1 aliphatic rings. The molecule has 1 atom stereocenters. The van der Waals surface area contributed by atoms with E-state index in [9.17, 15) is 4.79 Å². The molecular formula is C28H34N3O+. The summed E-state index contributed by atoms with van der Waals surface area (Å²) in [5.74, 6) is 0.236. The summed E-state index contributed by atoms with van der Waals surface area (Å²) in [6.07, 6.45) is 0. The lowest BCUT2D eigenvalue weighted by Crippen LogP contribution is -3.10. The number of aryl methyl sites for hydroxylation is 1. The van der Waals surface area contributed by atoms with Crippen LogP contribution in [0.25, 0.3) is 0 Å². The number of carbonyl (C=O) groups is 1. The second-order valence-corrected chi connectivity index (χ2v) is 8.86. The number of quaternary nitrogens is 1. The average molecular weight is 429 g/mol. The summed E-state index contributed by atoms with van der Waals surface area (Å²) in [7, 11) is 2.13. The summed E-state index contributed by atoms with van der Waals surface area (Å²) >= 11 is 0.